The molecule has 0 unspecified atom stereocenters. The van der Waals surface area contributed by atoms with E-state index < -0.39 is 0 Å². The van der Waals surface area contributed by atoms with Crippen LogP contribution in [0.5, 0.6) is 23.0 Å². The Morgan fingerprint density at radius 3 is 1.78 bits per heavy atom. The first-order valence-electron chi connectivity index (χ1n) is 12.3. The molecule has 6 aromatic rings. The second-order valence-electron chi connectivity index (χ2n) is 9.71. The van der Waals surface area contributed by atoms with E-state index in [1.807, 2.05) is 18.2 Å². The standard InChI is InChI=1S/C32H18BNO2/c1-2-7-22-19(6-1)14-15-20-18-21(16-17-23(20)22)34-24-8-3-10-26-30(24)33-31-25(34)9-4-11-27(31)36-29-13-5-12-28(35-26)32(29)33/h1-18H. The Labute approximate surface area is 208 Å². The Kier molecular flexibility index (Phi) is 3.36. The summed E-state index contributed by atoms with van der Waals surface area (Å²) in [5.74, 6) is 3.60. The van der Waals surface area contributed by atoms with Gasteiger partial charge in [0.25, 0.3) is 6.71 Å². The van der Waals surface area contributed by atoms with Gasteiger partial charge in [0, 0.05) is 22.5 Å². The predicted molar refractivity (Wildman–Crippen MR) is 147 cm³/mol. The van der Waals surface area contributed by atoms with E-state index in [1.54, 1.807) is 0 Å². The maximum absolute atomic E-state index is 6.45. The largest absolute Gasteiger partial charge is 0.458 e. The van der Waals surface area contributed by atoms with Crippen LogP contribution in [0.2, 0.25) is 0 Å². The fraction of sp³-hybridized carbons (Fsp3) is 0. The highest BCUT2D eigenvalue weighted by Crippen LogP contribution is 2.45. The SMILES string of the molecule is c1cc2c3c(c1)Oc1cccc4c1B3c1c(cccc1N4c1ccc3c(ccc4ccccc43)c1)O2. The third kappa shape index (κ3) is 2.24. The number of hydrogen-bond acceptors (Lipinski definition) is 3. The minimum Gasteiger partial charge on any atom is -0.458 e. The summed E-state index contributed by atoms with van der Waals surface area (Å²) in [7, 11) is 0. The van der Waals surface area contributed by atoms with Crippen LogP contribution in [0.4, 0.5) is 17.1 Å². The van der Waals surface area contributed by atoms with E-state index in [-0.39, 0.29) is 6.71 Å². The maximum Gasteiger partial charge on any atom is 0.266 e. The third-order valence-electron chi connectivity index (χ3n) is 7.89. The Balaban J connectivity index is 1.34. The number of benzene rings is 6. The molecule has 0 radical (unpaired) electrons. The van der Waals surface area contributed by atoms with Crippen molar-refractivity contribution in [2.75, 3.05) is 4.90 Å². The fourth-order valence-corrected chi connectivity index (χ4v) is 6.42. The summed E-state index contributed by atoms with van der Waals surface area (Å²) in [4.78, 5) is 2.37. The zero-order chi connectivity index (χ0) is 23.4. The van der Waals surface area contributed by atoms with Crippen LogP contribution in [-0.4, -0.2) is 6.71 Å². The number of rotatable bonds is 1. The number of anilines is 3. The third-order valence-corrected chi connectivity index (χ3v) is 7.89. The van der Waals surface area contributed by atoms with Gasteiger partial charge < -0.3 is 14.4 Å². The van der Waals surface area contributed by atoms with Gasteiger partial charge in [-0.15, -0.1) is 0 Å². The number of ether oxygens (including phenoxy) is 2. The molecule has 166 valence electrons. The molecule has 0 saturated heterocycles. The van der Waals surface area contributed by atoms with Crippen molar-refractivity contribution in [3.63, 3.8) is 0 Å². The van der Waals surface area contributed by atoms with E-state index in [9.17, 15) is 0 Å². The molecule has 0 saturated carbocycles. The van der Waals surface area contributed by atoms with Gasteiger partial charge in [0.1, 0.15) is 23.0 Å². The molecule has 0 spiro atoms. The van der Waals surface area contributed by atoms with Crippen LogP contribution in [0, 0.1) is 0 Å². The summed E-state index contributed by atoms with van der Waals surface area (Å²) < 4.78 is 12.9. The van der Waals surface area contributed by atoms with Crippen LogP contribution < -0.4 is 30.8 Å². The lowest BCUT2D eigenvalue weighted by Crippen LogP contribution is -2.61. The molecule has 3 aliphatic heterocycles. The summed E-state index contributed by atoms with van der Waals surface area (Å²) in [6.45, 7) is 0.0942. The second-order valence-corrected chi connectivity index (χ2v) is 9.71. The predicted octanol–water partition coefficient (Wildman–Crippen LogP) is 6.50. The first-order valence-corrected chi connectivity index (χ1v) is 12.3. The van der Waals surface area contributed by atoms with Crippen molar-refractivity contribution in [1.82, 2.24) is 0 Å². The van der Waals surface area contributed by atoms with Crippen LogP contribution in [0.1, 0.15) is 0 Å². The van der Waals surface area contributed by atoms with Crippen molar-refractivity contribution in [2.24, 2.45) is 0 Å². The molecular weight excluding hydrogens is 441 g/mol. The zero-order valence-electron chi connectivity index (χ0n) is 19.2. The Hall–Kier alpha value is -4.70. The van der Waals surface area contributed by atoms with Crippen LogP contribution in [0.3, 0.4) is 0 Å². The monoisotopic (exact) mass is 459 g/mol. The quantitative estimate of drug-likeness (QED) is 0.207. The van der Waals surface area contributed by atoms with Gasteiger partial charge in [0.05, 0.1) is 0 Å². The van der Waals surface area contributed by atoms with E-state index in [0.717, 1.165) is 45.5 Å². The molecule has 36 heavy (non-hydrogen) atoms. The number of hydrogen-bond donors (Lipinski definition) is 0. The van der Waals surface area contributed by atoms with E-state index in [4.69, 9.17) is 9.47 Å². The molecule has 4 heteroatoms. The Morgan fingerprint density at radius 2 is 1.06 bits per heavy atom. The smallest absolute Gasteiger partial charge is 0.266 e. The molecular formula is C32H18BNO2. The van der Waals surface area contributed by atoms with Gasteiger partial charge in [0.15, 0.2) is 0 Å². The molecule has 0 N–H and O–H groups in total. The van der Waals surface area contributed by atoms with Crippen molar-refractivity contribution in [1.29, 1.82) is 0 Å². The minimum absolute atomic E-state index is 0.0942. The van der Waals surface area contributed by atoms with Crippen LogP contribution >= 0.6 is 0 Å². The Bertz CT molecular complexity index is 1850. The Morgan fingerprint density at radius 1 is 0.472 bits per heavy atom. The highest BCUT2D eigenvalue weighted by Gasteiger charge is 2.47. The van der Waals surface area contributed by atoms with Gasteiger partial charge in [0.2, 0.25) is 0 Å². The van der Waals surface area contributed by atoms with E-state index in [1.165, 1.54) is 32.5 Å². The van der Waals surface area contributed by atoms with Gasteiger partial charge in [-0.3, -0.25) is 0 Å². The first kappa shape index (κ1) is 18.6. The molecule has 3 nitrogen and oxygen atoms in total. The van der Waals surface area contributed by atoms with Crippen LogP contribution in [0.15, 0.2) is 109 Å². The highest BCUT2D eigenvalue weighted by atomic mass is 16.5. The molecule has 0 aromatic heterocycles. The molecule has 0 bridgehead atoms. The zero-order valence-corrected chi connectivity index (χ0v) is 19.2. The average molecular weight is 459 g/mol. The van der Waals surface area contributed by atoms with Crippen molar-refractivity contribution >= 4 is 61.7 Å². The molecule has 0 fully saturated rings. The van der Waals surface area contributed by atoms with Crippen molar-refractivity contribution in [3.8, 4) is 23.0 Å². The number of fused-ring (bicyclic) bond motifs is 3. The van der Waals surface area contributed by atoms with Crippen LogP contribution in [-0.2, 0) is 0 Å². The van der Waals surface area contributed by atoms with Crippen molar-refractivity contribution in [3.05, 3.63) is 109 Å². The van der Waals surface area contributed by atoms with E-state index >= 15 is 0 Å². The second kappa shape index (κ2) is 6.49. The summed E-state index contributed by atoms with van der Waals surface area (Å²) in [6, 6.07) is 38.7. The van der Waals surface area contributed by atoms with Crippen LogP contribution in [0.25, 0.3) is 21.5 Å². The summed E-state index contributed by atoms with van der Waals surface area (Å²) >= 11 is 0. The molecule has 0 aliphatic carbocycles. The topological polar surface area (TPSA) is 21.7 Å². The normalized spacial score (nSPS) is 13.9. The van der Waals surface area contributed by atoms with Crippen molar-refractivity contribution < 1.29 is 9.47 Å². The molecule has 3 heterocycles. The first-order chi connectivity index (χ1) is 17.8. The molecule has 0 amide bonds. The van der Waals surface area contributed by atoms with E-state index in [2.05, 4.69) is 95.9 Å². The van der Waals surface area contributed by atoms with Gasteiger partial charge in [-0.25, -0.2) is 0 Å². The highest BCUT2D eigenvalue weighted by molar-refractivity contribution is 7.00. The van der Waals surface area contributed by atoms with Gasteiger partial charge in [-0.1, -0.05) is 60.7 Å². The lowest BCUT2D eigenvalue weighted by Gasteiger charge is -2.42. The number of nitrogens with zero attached hydrogens (tertiary/aromatic N) is 1. The lowest BCUT2D eigenvalue weighted by atomic mass is 9.33. The maximum atomic E-state index is 6.45. The van der Waals surface area contributed by atoms with Gasteiger partial charge in [-0.05, 0) is 81.0 Å². The summed E-state index contributed by atoms with van der Waals surface area (Å²) in [5, 5.41) is 5.03. The average Bonchev–Trinajstić information content (AvgIpc) is 2.93. The lowest BCUT2D eigenvalue weighted by molar-refractivity contribution is 0.464. The molecule has 6 aromatic carbocycles. The summed E-state index contributed by atoms with van der Waals surface area (Å²) in [5.41, 5.74) is 6.98. The van der Waals surface area contributed by atoms with Gasteiger partial charge >= 0.3 is 0 Å². The fourth-order valence-electron chi connectivity index (χ4n) is 6.42. The summed E-state index contributed by atoms with van der Waals surface area (Å²) in [6.07, 6.45) is 0. The van der Waals surface area contributed by atoms with E-state index in [0.29, 0.717) is 0 Å². The van der Waals surface area contributed by atoms with Crippen molar-refractivity contribution in [2.45, 2.75) is 0 Å². The minimum atomic E-state index is 0.0942. The molecule has 0 atom stereocenters. The van der Waals surface area contributed by atoms with Gasteiger partial charge in [-0.2, -0.15) is 0 Å². The molecule has 3 aliphatic rings. The molecule has 9 rings (SSSR count).